The second kappa shape index (κ2) is 10.1. The number of carbonyl (C=O) groups is 2. The first-order valence-corrected chi connectivity index (χ1v) is 13.9. The van der Waals surface area contributed by atoms with E-state index in [9.17, 15) is 36.6 Å². The predicted octanol–water partition coefficient (Wildman–Crippen LogP) is 5.68. The Morgan fingerprint density at radius 3 is 2.53 bits per heavy atom. The van der Waals surface area contributed by atoms with E-state index in [1.54, 1.807) is 26.2 Å². The van der Waals surface area contributed by atoms with E-state index in [0.717, 1.165) is 16.0 Å². The Bertz CT molecular complexity index is 1790. The lowest BCUT2D eigenvalue weighted by atomic mass is 9.85. The maximum Gasteiger partial charge on any atom is 0.453 e. The van der Waals surface area contributed by atoms with Crippen LogP contribution < -0.4 is 11.1 Å². The molecule has 0 saturated carbocycles. The number of alkyl halides is 5. The van der Waals surface area contributed by atoms with E-state index >= 15 is 0 Å². The van der Waals surface area contributed by atoms with Crippen LogP contribution in [0.1, 0.15) is 43.5 Å². The van der Waals surface area contributed by atoms with Gasteiger partial charge in [0.25, 0.3) is 0 Å². The molecule has 0 fully saturated rings. The molecule has 0 saturated heterocycles. The fourth-order valence-electron chi connectivity index (χ4n) is 4.73. The number of carbonyl (C=O) groups excluding carboxylic acids is 1. The Kier molecular flexibility index (Phi) is 7.16. The summed E-state index contributed by atoms with van der Waals surface area (Å²) in [6.07, 6.45) is -7.19. The van der Waals surface area contributed by atoms with Crippen molar-refractivity contribution in [3.8, 4) is 11.5 Å². The number of fused-ring (bicyclic) bond motifs is 2. The Labute approximate surface area is 249 Å². The van der Waals surface area contributed by atoms with Gasteiger partial charge in [-0.05, 0) is 39.0 Å². The van der Waals surface area contributed by atoms with Gasteiger partial charge in [0.05, 0.1) is 22.2 Å². The molecular formula is C26H23ClF5N7O3S. The van der Waals surface area contributed by atoms with Gasteiger partial charge in [-0.15, -0.1) is 11.3 Å². The van der Waals surface area contributed by atoms with Crippen molar-refractivity contribution >= 4 is 57.4 Å². The summed E-state index contributed by atoms with van der Waals surface area (Å²) in [6.45, 7) is 3.89. The van der Waals surface area contributed by atoms with Crippen LogP contribution in [-0.4, -0.2) is 53.8 Å². The molecule has 0 radical (unpaired) electrons. The summed E-state index contributed by atoms with van der Waals surface area (Å²) < 4.78 is 66.7. The number of nitrogens with two attached hydrogens (primary N) is 1. The fraction of sp³-hybridized carbons (Fsp3) is 0.385. The minimum atomic E-state index is -5.73. The maximum absolute atomic E-state index is 13.7. The SMILES string of the molecule is CC(C)(Cc1csc([C@@]2(C)C(=O)Nc3nc(-c4nn(CCC(F)(F)C(F)(F)F)c5cc(Cl)ccc45)nc(N)c32)n1)C(=O)O. The quantitative estimate of drug-likeness (QED) is 0.208. The van der Waals surface area contributed by atoms with Crippen molar-refractivity contribution in [1.29, 1.82) is 0 Å². The molecule has 3 aromatic heterocycles. The standard InChI is InChI=1S/C26H23ClF5N7O3S/c1-23(2,22(41)42)9-12-10-43-21(34-12)24(3)15-17(33)35-19(36-18(15)37-20(24)40)16-13-5-4-11(27)8-14(13)39(38-16)7-6-25(28,29)26(30,31)32/h4-5,8,10H,6-7,9H2,1-3H3,(H,41,42)(H3,33,35,36,37,40)/t24-/m1/s1. The molecule has 1 aliphatic heterocycles. The highest BCUT2D eigenvalue weighted by Gasteiger charge is 2.57. The van der Waals surface area contributed by atoms with Gasteiger partial charge in [0.15, 0.2) is 5.82 Å². The molecule has 4 heterocycles. The van der Waals surface area contributed by atoms with E-state index in [0.29, 0.717) is 16.1 Å². The van der Waals surface area contributed by atoms with Crippen LogP contribution in [0.2, 0.25) is 5.02 Å². The molecule has 43 heavy (non-hydrogen) atoms. The molecule has 5 rings (SSSR count). The zero-order valence-corrected chi connectivity index (χ0v) is 24.3. The van der Waals surface area contributed by atoms with Gasteiger partial charge in [-0.25, -0.2) is 15.0 Å². The van der Waals surface area contributed by atoms with Gasteiger partial charge in [-0.1, -0.05) is 11.6 Å². The molecule has 0 bridgehead atoms. The van der Waals surface area contributed by atoms with Crippen LogP contribution in [-0.2, 0) is 28.0 Å². The number of carboxylic acids is 1. The number of aliphatic carboxylic acids is 1. The predicted molar refractivity (Wildman–Crippen MR) is 148 cm³/mol. The Morgan fingerprint density at radius 2 is 1.88 bits per heavy atom. The lowest BCUT2D eigenvalue weighted by Crippen LogP contribution is -2.37. The van der Waals surface area contributed by atoms with Crippen LogP contribution in [0, 0.1) is 5.41 Å². The molecule has 1 aliphatic rings. The first kappa shape index (κ1) is 30.5. The molecule has 0 unspecified atom stereocenters. The highest BCUT2D eigenvalue weighted by atomic mass is 35.5. The number of nitrogens with zero attached hydrogens (tertiary/aromatic N) is 5. The molecule has 228 valence electrons. The molecule has 1 aromatic carbocycles. The van der Waals surface area contributed by atoms with Crippen molar-refractivity contribution in [3.05, 3.63) is 44.9 Å². The summed E-state index contributed by atoms with van der Waals surface area (Å²) in [5, 5.41) is 18.8. The third-order valence-corrected chi connectivity index (χ3v) is 8.63. The zero-order valence-electron chi connectivity index (χ0n) is 22.7. The summed E-state index contributed by atoms with van der Waals surface area (Å²) in [7, 11) is 0. The average Bonchev–Trinajstić information content (AvgIpc) is 3.57. The van der Waals surface area contributed by atoms with Crippen molar-refractivity contribution in [2.45, 2.75) is 57.7 Å². The number of hydrogen-bond donors (Lipinski definition) is 3. The van der Waals surface area contributed by atoms with Crippen molar-refractivity contribution in [1.82, 2.24) is 24.7 Å². The van der Waals surface area contributed by atoms with Crippen molar-refractivity contribution in [3.63, 3.8) is 0 Å². The highest BCUT2D eigenvalue weighted by molar-refractivity contribution is 7.10. The summed E-state index contributed by atoms with van der Waals surface area (Å²) in [4.78, 5) is 38.2. The van der Waals surface area contributed by atoms with E-state index in [2.05, 4.69) is 25.4 Å². The second-order valence-electron chi connectivity index (χ2n) is 10.9. The summed E-state index contributed by atoms with van der Waals surface area (Å²) in [5.41, 5.74) is 4.70. The maximum atomic E-state index is 13.7. The number of amides is 1. The smallest absolute Gasteiger partial charge is 0.453 e. The van der Waals surface area contributed by atoms with Crippen molar-refractivity contribution in [2.75, 3.05) is 11.1 Å². The van der Waals surface area contributed by atoms with Gasteiger partial charge < -0.3 is 16.2 Å². The Balaban J connectivity index is 1.55. The lowest BCUT2D eigenvalue weighted by Gasteiger charge is -2.20. The number of nitrogen functional groups attached to an aromatic ring is 1. The molecule has 0 spiro atoms. The molecule has 0 aliphatic carbocycles. The first-order valence-electron chi connectivity index (χ1n) is 12.6. The number of anilines is 2. The van der Waals surface area contributed by atoms with Gasteiger partial charge in [0.2, 0.25) is 5.91 Å². The molecule has 1 amide bonds. The van der Waals surface area contributed by atoms with Crippen LogP contribution in [0.4, 0.5) is 33.6 Å². The van der Waals surface area contributed by atoms with Gasteiger partial charge in [0.1, 0.15) is 27.8 Å². The van der Waals surface area contributed by atoms with Crippen molar-refractivity contribution < 1.29 is 36.6 Å². The molecule has 10 nitrogen and oxygen atoms in total. The first-order chi connectivity index (χ1) is 19.8. The number of thiazole rings is 1. The minimum Gasteiger partial charge on any atom is -0.481 e. The average molecular weight is 644 g/mol. The summed E-state index contributed by atoms with van der Waals surface area (Å²) in [5.74, 6) is -6.67. The summed E-state index contributed by atoms with van der Waals surface area (Å²) in [6, 6.07) is 4.33. The number of carboxylic acid groups (broad SMARTS) is 1. The lowest BCUT2D eigenvalue weighted by molar-refractivity contribution is -0.285. The van der Waals surface area contributed by atoms with Gasteiger partial charge in [-0.2, -0.15) is 27.1 Å². The molecule has 4 N–H and O–H groups in total. The van der Waals surface area contributed by atoms with Crippen LogP contribution in [0.3, 0.4) is 0 Å². The van der Waals surface area contributed by atoms with Crippen LogP contribution >= 0.6 is 22.9 Å². The van der Waals surface area contributed by atoms with E-state index in [-0.39, 0.29) is 45.7 Å². The van der Waals surface area contributed by atoms with Crippen molar-refractivity contribution in [2.24, 2.45) is 5.41 Å². The van der Waals surface area contributed by atoms with E-state index in [4.69, 9.17) is 17.3 Å². The number of benzene rings is 1. The number of aromatic nitrogens is 5. The number of halogens is 6. The third-order valence-electron chi connectivity index (χ3n) is 7.28. The van der Waals surface area contributed by atoms with E-state index in [1.165, 1.54) is 18.2 Å². The van der Waals surface area contributed by atoms with E-state index < -0.39 is 47.8 Å². The molecule has 1 atom stereocenters. The fourth-order valence-corrected chi connectivity index (χ4v) is 5.88. The summed E-state index contributed by atoms with van der Waals surface area (Å²) >= 11 is 7.21. The number of nitrogens with one attached hydrogen (secondary N) is 1. The van der Waals surface area contributed by atoms with Crippen LogP contribution in [0.15, 0.2) is 23.6 Å². The zero-order chi connectivity index (χ0) is 31.7. The molecule has 4 aromatic rings. The Morgan fingerprint density at radius 1 is 1.19 bits per heavy atom. The topological polar surface area (TPSA) is 149 Å². The normalized spacial score (nSPS) is 17.4. The Hall–Kier alpha value is -3.92. The number of rotatable bonds is 8. The van der Waals surface area contributed by atoms with Gasteiger partial charge in [-0.3, -0.25) is 14.3 Å². The van der Waals surface area contributed by atoms with Crippen LogP contribution in [0.25, 0.3) is 22.4 Å². The second-order valence-corrected chi connectivity index (χ2v) is 12.2. The number of aryl methyl sites for hydroxylation is 1. The molecule has 17 heteroatoms. The highest BCUT2D eigenvalue weighted by Crippen LogP contribution is 2.46. The third kappa shape index (κ3) is 5.15. The van der Waals surface area contributed by atoms with Crippen LogP contribution in [0.5, 0.6) is 0 Å². The molecular weight excluding hydrogens is 621 g/mol. The largest absolute Gasteiger partial charge is 0.481 e. The number of hydrogen-bond acceptors (Lipinski definition) is 8. The minimum absolute atomic E-state index is 0.0202. The van der Waals surface area contributed by atoms with Gasteiger partial charge >= 0.3 is 18.1 Å². The van der Waals surface area contributed by atoms with E-state index in [1.807, 2.05) is 0 Å². The monoisotopic (exact) mass is 643 g/mol. The van der Waals surface area contributed by atoms with Gasteiger partial charge in [0, 0.05) is 35.2 Å².